The van der Waals surface area contributed by atoms with Crippen molar-refractivity contribution in [1.82, 2.24) is 10.2 Å². The van der Waals surface area contributed by atoms with Crippen molar-refractivity contribution in [2.45, 2.75) is 77.6 Å². The summed E-state index contributed by atoms with van der Waals surface area (Å²) >= 11 is 0. The Kier molecular flexibility index (Phi) is 14.3. The Morgan fingerprint density at radius 3 is 1.95 bits per heavy atom. The lowest BCUT2D eigenvalue weighted by Crippen LogP contribution is -2.33. The van der Waals surface area contributed by atoms with Crippen LogP contribution in [0.25, 0.3) is 0 Å². The van der Waals surface area contributed by atoms with Crippen LogP contribution in [0.2, 0.25) is 0 Å². The van der Waals surface area contributed by atoms with E-state index in [1.54, 1.807) is 6.92 Å². The molecule has 0 aliphatic rings. The number of nitrogens with one attached hydrogen (secondary N) is 1. The molecule has 0 aromatic rings. The summed E-state index contributed by atoms with van der Waals surface area (Å²) in [6.45, 7) is 9.83. The highest BCUT2D eigenvalue weighted by molar-refractivity contribution is 4.63. The van der Waals surface area contributed by atoms with E-state index < -0.39 is 0 Å². The summed E-state index contributed by atoms with van der Waals surface area (Å²) in [5.74, 6) is 0. The van der Waals surface area contributed by atoms with Gasteiger partial charge in [-0.1, -0.05) is 6.42 Å². The van der Waals surface area contributed by atoms with Gasteiger partial charge in [0.05, 0.1) is 18.3 Å². The molecule has 0 saturated carbocycles. The first-order valence-electron chi connectivity index (χ1n) is 8.89. The maximum atomic E-state index is 9.58. The van der Waals surface area contributed by atoms with Crippen molar-refractivity contribution in [3.05, 3.63) is 0 Å². The zero-order chi connectivity index (χ0) is 16.8. The number of unbranched alkanes of at least 4 members (excludes halogenated alkanes) is 3. The second kappa shape index (κ2) is 14.4. The fourth-order valence-corrected chi connectivity index (χ4v) is 2.52. The van der Waals surface area contributed by atoms with Gasteiger partial charge in [0.2, 0.25) is 0 Å². The Hall–Kier alpha value is -0.200. The van der Waals surface area contributed by atoms with E-state index >= 15 is 0 Å². The predicted octanol–water partition coefficient (Wildman–Crippen LogP) is 1.36. The molecule has 4 N–H and O–H groups in total. The molecule has 3 unspecified atom stereocenters. The van der Waals surface area contributed by atoms with E-state index in [1.807, 2.05) is 13.8 Å². The minimum atomic E-state index is -0.288. The molecule has 0 saturated heterocycles. The molecule has 0 radical (unpaired) electrons. The molecule has 0 bridgehead atoms. The molecule has 0 spiro atoms. The number of aliphatic hydroxyl groups is 3. The topological polar surface area (TPSA) is 76.0 Å². The van der Waals surface area contributed by atoms with Gasteiger partial charge in [0.1, 0.15) is 0 Å². The summed E-state index contributed by atoms with van der Waals surface area (Å²) in [4.78, 5) is 2.33. The molecule has 0 rings (SSSR count). The number of hydrogen-bond donors (Lipinski definition) is 4. The fourth-order valence-electron chi connectivity index (χ4n) is 2.52. The smallest absolute Gasteiger partial charge is 0.0639 e. The van der Waals surface area contributed by atoms with Crippen molar-refractivity contribution in [3.8, 4) is 0 Å². The van der Waals surface area contributed by atoms with Crippen LogP contribution in [0.3, 0.4) is 0 Å². The Morgan fingerprint density at radius 2 is 1.41 bits per heavy atom. The number of rotatable bonds is 15. The van der Waals surface area contributed by atoms with Gasteiger partial charge in [-0.2, -0.15) is 0 Å². The first kappa shape index (κ1) is 21.8. The van der Waals surface area contributed by atoms with Crippen LogP contribution < -0.4 is 5.32 Å². The van der Waals surface area contributed by atoms with Crippen molar-refractivity contribution in [2.24, 2.45) is 0 Å². The molecule has 0 aliphatic carbocycles. The Bertz CT molecular complexity index is 236. The summed E-state index contributed by atoms with van der Waals surface area (Å²) in [5, 5.41) is 31.2. The normalized spacial score (nSPS) is 16.0. The molecule has 134 valence electrons. The predicted molar refractivity (Wildman–Crippen MR) is 92.1 cm³/mol. The van der Waals surface area contributed by atoms with Crippen molar-refractivity contribution in [2.75, 3.05) is 32.7 Å². The van der Waals surface area contributed by atoms with E-state index in [9.17, 15) is 10.2 Å². The largest absolute Gasteiger partial charge is 0.393 e. The summed E-state index contributed by atoms with van der Waals surface area (Å²) < 4.78 is 0. The number of aliphatic hydroxyl groups excluding tert-OH is 3. The summed E-state index contributed by atoms with van der Waals surface area (Å²) in [6, 6.07) is 0. The van der Waals surface area contributed by atoms with Gasteiger partial charge in [-0.3, -0.25) is 0 Å². The standard InChI is InChI=1S/C17H38N2O3/c1-15(20)9-5-8-12-19(14-17(3)22)11-7-4-6-10-18-13-16(2)21/h15-18,20-22H,4-14H2,1-3H3. The van der Waals surface area contributed by atoms with Crippen LogP contribution in [-0.4, -0.2) is 71.3 Å². The van der Waals surface area contributed by atoms with Crippen LogP contribution in [0.1, 0.15) is 59.3 Å². The van der Waals surface area contributed by atoms with Gasteiger partial charge in [0.15, 0.2) is 0 Å². The molecule has 0 aliphatic heterocycles. The highest BCUT2D eigenvalue weighted by Gasteiger charge is 2.08. The van der Waals surface area contributed by atoms with E-state index in [2.05, 4.69) is 10.2 Å². The lowest BCUT2D eigenvalue weighted by Gasteiger charge is -2.23. The van der Waals surface area contributed by atoms with Crippen LogP contribution in [-0.2, 0) is 0 Å². The van der Waals surface area contributed by atoms with Crippen LogP contribution in [0.5, 0.6) is 0 Å². The van der Waals surface area contributed by atoms with Gasteiger partial charge in [-0.15, -0.1) is 0 Å². The molecule has 0 amide bonds. The second-order valence-electron chi connectivity index (χ2n) is 6.61. The summed E-state index contributed by atoms with van der Waals surface area (Å²) in [7, 11) is 0. The molecular formula is C17H38N2O3. The quantitative estimate of drug-likeness (QED) is 0.343. The number of hydrogen-bond acceptors (Lipinski definition) is 5. The van der Waals surface area contributed by atoms with Crippen molar-refractivity contribution >= 4 is 0 Å². The zero-order valence-electron chi connectivity index (χ0n) is 14.8. The molecule has 5 nitrogen and oxygen atoms in total. The van der Waals surface area contributed by atoms with E-state index in [4.69, 9.17) is 5.11 Å². The third-order valence-electron chi connectivity index (χ3n) is 3.64. The van der Waals surface area contributed by atoms with E-state index in [0.717, 1.165) is 64.7 Å². The van der Waals surface area contributed by atoms with E-state index in [0.29, 0.717) is 6.54 Å². The SMILES string of the molecule is CC(O)CCCCN(CCCCCNCC(C)O)CC(C)O. The van der Waals surface area contributed by atoms with Gasteiger partial charge in [-0.25, -0.2) is 0 Å². The Labute approximate surface area is 136 Å². The third-order valence-corrected chi connectivity index (χ3v) is 3.64. The molecule has 3 atom stereocenters. The van der Waals surface area contributed by atoms with Gasteiger partial charge >= 0.3 is 0 Å². The highest BCUT2D eigenvalue weighted by atomic mass is 16.3. The van der Waals surface area contributed by atoms with Crippen LogP contribution >= 0.6 is 0 Å². The summed E-state index contributed by atoms with van der Waals surface area (Å²) in [5.41, 5.74) is 0. The monoisotopic (exact) mass is 318 g/mol. The Balaban J connectivity index is 3.66. The van der Waals surface area contributed by atoms with Crippen molar-refractivity contribution in [1.29, 1.82) is 0 Å². The molecular weight excluding hydrogens is 280 g/mol. The van der Waals surface area contributed by atoms with Crippen LogP contribution in [0.4, 0.5) is 0 Å². The summed E-state index contributed by atoms with van der Waals surface area (Å²) in [6.07, 6.45) is 5.63. The maximum Gasteiger partial charge on any atom is 0.0639 e. The molecule has 0 fully saturated rings. The first-order valence-corrected chi connectivity index (χ1v) is 8.89. The minimum Gasteiger partial charge on any atom is -0.393 e. The third kappa shape index (κ3) is 16.2. The second-order valence-corrected chi connectivity index (χ2v) is 6.61. The first-order chi connectivity index (χ1) is 10.4. The maximum absolute atomic E-state index is 9.58. The van der Waals surface area contributed by atoms with Gasteiger partial charge in [0, 0.05) is 13.1 Å². The van der Waals surface area contributed by atoms with Crippen molar-refractivity contribution in [3.63, 3.8) is 0 Å². The molecule has 0 aromatic carbocycles. The van der Waals surface area contributed by atoms with Gasteiger partial charge in [0.25, 0.3) is 0 Å². The van der Waals surface area contributed by atoms with Gasteiger partial charge < -0.3 is 25.5 Å². The molecule has 22 heavy (non-hydrogen) atoms. The van der Waals surface area contributed by atoms with Crippen molar-refractivity contribution < 1.29 is 15.3 Å². The highest BCUT2D eigenvalue weighted by Crippen LogP contribution is 2.05. The Morgan fingerprint density at radius 1 is 0.773 bits per heavy atom. The molecule has 0 aromatic heterocycles. The zero-order valence-corrected chi connectivity index (χ0v) is 14.8. The molecule has 5 heteroatoms. The lowest BCUT2D eigenvalue weighted by atomic mass is 10.1. The molecule has 0 heterocycles. The van der Waals surface area contributed by atoms with E-state index in [-0.39, 0.29) is 18.3 Å². The van der Waals surface area contributed by atoms with Crippen LogP contribution in [0.15, 0.2) is 0 Å². The fraction of sp³-hybridized carbons (Fsp3) is 1.00. The lowest BCUT2D eigenvalue weighted by molar-refractivity contribution is 0.121. The average Bonchev–Trinajstić information content (AvgIpc) is 2.40. The average molecular weight is 319 g/mol. The minimum absolute atomic E-state index is 0.209. The van der Waals surface area contributed by atoms with E-state index in [1.165, 1.54) is 0 Å². The van der Waals surface area contributed by atoms with Crippen LogP contribution in [0, 0.1) is 0 Å². The number of nitrogens with zero attached hydrogens (tertiary/aromatic N) is 1. The van der Waals surface area contributed by atoms with Gasteiger partial charge in [-0.05, 0) is 72.5 Å².